The molecule has 0 radical (unpaired) electrons. The number of hydrogen-bond acceptors (Lipinski definition) is 3. The maximum Gasteiger partial charge on any atom is 0.322 e. The predicted octanol–water partition coefficient (Wildman–Crippen LogP) is 4.19. The van der Waals surface area contributed by atoms with E-state index in [1.807, 2.05) is 13.8 Å². The first-order valence-corrected chi connectivity index (χ1v) is 7.99. The second-order valence-electron chi connectivity index (χ2n) is 5.86. The summed E-state index contributed by atoms with van der Waals surface area (Å²) < 4.78 is 32.1. The minimum atomic E-state index is -0.797. The van der Waals surface area contributed by atoms with Crippen molar-refractivity contribution < 1.29 is 18.1 Å². The molecule has 1 aliphatic rings. The number of likely N-dealkylation sites (tertiary alicyclic amines) is 1. The zero-order valence-corrected chi connectivity index (χ0v) is 13.6. The third kappa shape index (κ3) is 2.98. The predicted molar refractivity (Wildman–Crippen MR) is 84.7 cm³/mol. The average Bonchev–Trinajstić information content (AvgIpc) is 3.15. The molecule has 3 rings (SSSR count). The van der Waals surface area contributed by atoms with Gasteiger partial charge in [-0.05, 0) is 31.9 Å². The number of rotatable bonds is 3. The van der Waals surface area contributed by atoms with Crippen LogP contribution in [0.5, 0.6) is 0 Å². The molecular weight excluding hydrogens is 316 g/mol. The second-order valence-corrected chi connectivity index (χ2v) is 5.86. The number of benzene rings is 1. The summed E-state index contributed by atoms with van der Waals surface area (Å²) >= 11 is 0. The maximum absolute atomic E-state index is 13.8. The number of anilines is 1. The van der Waals surface area contributed by atoms with Crippen molar-refractivity contribution in [2.75, 3.05) is 11.9 Å². The highest BCUT2D eigenvalue weighted by Gasteiger charge is 2.34. The molecule has 0 aliphatic carbocycles. The van der Waals surface area contributed by atoms with Crippen molar-refractivity contribution in [1.29, 1.82) is 0 Å². The Morgan fingerprint density at radius 3 is 2.96 bits per heavy atom. The van der Waals surface area contributed by atoms with Crippen LogP contribution in [0.4, 0.5) is 19.3 Å². The number of hydrogen-bond donors (Lipinski definition) is 1. The summed E-state index contributed by atoms with van der Waals surface area (Å²) in [4.78, 5) is 14.2. The molecule has 1 saturated heterocycles. The van der Waals surface area contributed by atoms with Crippen LogP contribution in [-0.4, -0.2) is 22.6 Å². The Kier molecular flexibility index (Phi) is 4.51. The molecule has 7 heteroatoms. The fourth-order valence-electron chi connectivity index (χ4n) is 3.19. The number of halogens is 2. The van der Waals surface area contributed by atoms with Crippen molar-refractivity contribution >= 4 is 11.7 Å². The van der Waals surface area contributed by atoms with E-state index in [1.54, 1.807) is 4.90 Å². The first kappa shape index (κ1) is 16.4. The van der Waals surface area contributed by atoms with Crippen LogP contribution in [0.25, 0.3) is 0 Å². The highest BCUT2D eigenvalue weighted by molar-refractivity contribution is 5.90. The summed E-state index contributed by atoms with van der Waals surface area (Å²) in [5.74, 6) is -0.711. The lowest BCUT2D eigenvalue weighted by molar-refractivity contribution is 0.206. The zero-order valence-electron chi connectivity index (χ0n) is 13.6. The monoisotopic (exact) mass is 335 g/mol. The van der Waals surface area contributed by atoms with Gasteiger partial charge in [0.1, 0.15) is 17.4 Å². The van der Waals surface area contributed by atoms with E-state index in [0.29, 0.717) is 13.0 Å². The van der Waals surface area contributed by atoms with E-state index in [0.717, 1.165) is 42.0 Å². The van der Waals surface area contributed by atoms with Crippen LogP contribution >= 0.6 is 0 Å². The van der Waals surface area contributed by atoms with E-state index < -0.39 is 17.7 Å². The molecule has 2 aromatic rings. The van der Waals surface area contributed by atoms with Crippen molar-refractivity contribution in [2.24, 2.45) is 0 Å². The summed E-state index contributed by atoms with van der Waals surface area (Å²) in [6.45, 7) is 4.38. The average molecular weight is 335 g/mol. The summed E-state index contributed by atoms with van der Waals surface area (Å²) in [7, 11) is 0. The molecule has 1 aromatic carbocycles. The molecule has 0 spiro atoms. The Balaban J connectivity index is 1.82. The normalized spacial score (nSPS) is 17.3. The summed E-state index contributed by atoms with van der Waals surface area (Å²) in [6, 6.07) is 2.52. The van der Waals surface area contributed by atoms with Gasteiger partial charge in [-0.3, -0.25) is 0 Å². The molecule has 1 aromatic heterocycles. The number of aromatic nitrogens is 1. The summed E-state index contributed by atoms with van der Waals surface area (Å²) in [5, 5.41) is 6.52. The van der Waals surface area contributed by atoms with Gasteiger partial charge in [-0.15, -0.1) is 0 Å². The Morgan fingerprint density at radius 2 is 2.25 bits per heavy atom. The van der Waals surface area contributed by atoms with Gasteiger partial charge in [-0.2, -0.15) is 0 Å². The van der Waals surface area contributed by atoms with Crippen LogP contribution < -0.4 is 5.32 Å². The summed E-state index contributed by atoms with van der Waals surface area (Å²) in [5.41, 5.74) is 1.67. The van der Waals surface area contributed by atoms with Gasteiger partial charge in [-0.25, -0.2) is 13.6 Å². The van der Waals surface area contributed by atoms with Crippen molar-refractivity contribution in [2.45, 2.75) is 39.2 Å². The first-order valence-electron chi connectivity index (χ1n) is 7.99. The fraction of sp³-hybridized carbons (Fsp3) is 0.412. The van der Waals surface area contributed by atoms with E-state index >= 15 is 0 Å². The van der Waals surface area contributed by atoms with Gasteiger partial charge >= 0.3 is 6.03 Å². The van der Waals surface area contributed by atoms with Crippen molar-refractivity contribution in [1.82, 2.24) is 10.1 Å². The minimum absolute atomic E-state index is 0.0372. The highest BCUT2D eigenvalue weighted by Crippen LogP contribution is 2.36. The van der Waals surface area contributed by atoms with E-state index in [1.165, 1.54) is 6.07 Å². The standard InChI is InChI=1S/C17H19F2N3O2/c1-3-15-16(10(2)21-24-15)14-5-4-8-22(14)17(23)20-13-7-6-11(18)9-12(13)19/h6-7,9,14H,3-5,8H2,1-2H3,(H,20,23). The molecule has 0 saturated carbocycles. The Hall–Kier alpha value is -2.44. The quantitative estimate of drug-likeness (QED) is 0.915. The lowest BCUT2D eigenvalue weighted by Crippen LogP contribution is -2.35. The van der Waals surface area contributed by atoms with Crippen molar-refractivity contribution in [3.63, 3.8) is 0 Å². The molecule has 128 valence electrons. The topological polar surface area (TPSA) is 58.4 Å². The van der Waals surface area contributed by atoms with Gasteiger partial charge in [0.15, 0.2) is 0 Å². The van der Waals surface area contributed by atoms with Crippen LogP contribution in [0, 0.1) is 18.6 Å². The van der Waals surface area contributed by atoms with Crippen LogP contribution in [-0.2, 0) is 6.42 Å². The third-order valence-electron chi connectivity index (χ3n) is 4.32. The number of nitrogens with one attached hydrogen (secondary N) is 1. The number of carbonyl (C=O) groups excluding carboxylic acids is 1. The second kappa shape index (κ2) is 6.59. The number of nitrogens with zero attached hydrogens (tertiary/aromatic N) is 2. The molecular formula is C17H19F2N3O2. The Labute approximate surface area is 138 Å². The molecule has 1 N–H and O–H groups in total. The van der Waals surface area contributed by atoms with Gasteiger partial charge < -0.3 is 14.7 Å². The number of carbonyl (C=O) groups is 1. The van der Waals surface area contributed by atoms with Gasteiger partial charge in [0.05, 0.1) is 17.4 Å². The maximum atomic E-state index is 13.8. The molecule has 1 atom stereocenters. The van der Waals surface area contributed by atoms with Gasteiger partial charge in [0.2, 0.25) is 0 Å². The molecule has 1 unspecified atom stereocenters. The van der Waals surface area contributed by atoms with Crippen LogP contribution in [0.2, 0.25) is 0 Å². The molecule has 0 bridgehead atoms. The van der Waals surface area contributed by atoms with Crippen LogP contribution in [0.1, 0.15) is 42.8 Å². The first-order chi connectivity index (χ1) is 11.5. The summed E-state index contributed by atoms with van der Waals surface area (Å²) in [6.07, 6.45) is 2.33. The third-order valence-corrected chi connectivity index (χ3v) is 4.32. The van der Waals surface area contributed by atoms with Crippen molar-refractivity contribution in [3.8, 4) is 0 Å². The lowest BCUT2D eigenvalue weighted by Gasteiger charge is -2.25. The Morgan fingerprint density at radius 1 is 1.46 bits per heavy atom. The minimum Gasteiger partial charge on any atom is -0.361 e. The molecule has 2 heterocycles. The van der Waals surface area contributed by atoms with E-state index in [4.69, 9.17) is 4.52 Å². The molecule has 5 nitrogen and oxygen atoms in total. The SMILES string of the molecule is CCc1onc(C)c1C1CCCN1C(=O)Nc1ccc(F)cc1F. The van der Waals surface area contributed by atoms with Crippen molar-refractivity contribution in [3.05, 3.63) is 46.9 Å². The Bertz CT molecular complexity index is 760. The number of amides is 2. The lowest BCUT2D eigenvalue weighted by atomic mass is 10.0. The molecule has 1 fully saturated rings. The van der Waals surface area contributed by atoms with Crippen LogP contribution in [0.3, 0.4) is 0 Å². The van der Waals surface area contributed by atoms with E-state index in [2.05, 4.69) is 10.5 Å². The van der Waals surface area contributed by atoms with Gasteiger partial charge in [-0.1, -0.05) is 12.1 Å². The molecule has 24 heavy (non-hydrogen) atoms. The van der Waals surface area contributed by atoms with Gasteiger partial charge in [0.25, 0.3) is 0 Å². The molecule has 2 amide bonds. The van der Waals surface area contributed by atoms with E-state index in [9.17, 15) is 13.6 Å². The smallest absolute Gasteiger partial charge is 0.322 e. The fourth-order valence-corrected chi connectivity index (χ4v) is 3.19. The molecule has 1 aliphatic heterocycles. The van der Waals surface area contributed by atoms with Crippen LogP contribution in [0.15, 0.2) is 22.7 Å². The zero-order chi connectivity index (χ0) is 17.3. The number of urea groups is 1. The van der Waals surface area contributed by atoms with Gasteiger partial charge in [0, 0.05) is 24.6 Å². The van der Waals surface area contributed by atoms with E-state index in [-0.39, 0.29) is 11.7 Å². The highest BCUT2D eigenvalue weighted by atomic mass is 19.1. The number of aryl methyl sites for hydroxylation is 2. The largest absolute Gasteiger partial charge is 0.361 e.